The minimum absolute atomic E-state index is 0.0517. The predicted octanol–water partition coefficient (Wildman–Crippen LogP) is -3.57. The van der Waals surface area contributed by atoms with Gasteiger partial charge in [0, 0.05) is 5.75 Å². The van der Waals surface area contributed by atoms with Gasteiger partial charge in [0.05, 0.1) is 0 Å². The van der Waals surface area contributed by atoms with E-state index >= 15 is 0 Å². The fourth-order valence-electron chi connectivity index (χ4n) is 1.15. The number of hydrogen-bond donors (Lipinski definition) is 3. The van der Waals surface area contributed by atoms with E-state index in [1.807, 2.05) is 0 Å². The Hall–Kier alpha value is -0.710. The van der Waals surface area contributed by atoms with E-state index < -0.39 is 27.4 Å². The van der Waals surface area contributed by atoms with Crippen molar-refractivity contribution in [3.05, 3.63) is 20.7 Å². The maximum atomic E-state index is 11.0. The van der Waals surface area contributed by atoms with Gasteiger partial charge in [0.15, 0.2) is 0 Å². The van der Waals surface area contributed by atoms with Crippen LogP contribution in [0.4, 0.5) is 0 Å². The number of aromatic nitrogens is 1. The van der Waals surface area contributed by atoms with Crippen molar-refractivity contribution in [2.45, 2.75) is 12.5 Å². The molecule has 8 nitrogen and oxygen atoms in total. The van der Waals surface area contributed by atoms with Gasteiger partial charge in [-0.15, -0.1) is 0 Å². The molecule has 1 atom stereocenters. The summed E-state index contributed by atoms with van der Waals surface area (Å²) >= 11 is 1.19. The molecule has 0 aliphatic carbocycles. The van der Waals surface area contributed by atoms with E-state index in [1.165, 1.54) is 11.8 Å². The second kappa shape index (κ2) is 4.65. The molecule has 92 valence electrons. The molecular weight excluding hydrogens is 266 g/mol. The minimum atomic E-state index is -4.19. The van der Waals surface area contributed by atoms with Crippen LogP contribution in [0.3, 0.4) is 0 Å². The molecule has 2 heterocycles. The Morgan fingerprint density at radius 2 is 1.69 bits per heavy atom. The van der Waals surface area contributed by atoms with Gasteiger partial charge >= 0.3 is 40.0 Å². The van der Waals surface area contributed by atoms with Crippen LogP contribution < -0.4 is 15.8 Å². The molecule has 1 saturated heterocycles. The normalized spacial score (nSPS) is 22.0. The molecule has 1 aliphatic rings. The van der Waals surface area contributed by atoms with Gasteiger partial charge < -0.3 is 0 Å². The Morgan fingerprint density at radius 1 is 1.25 bits per heavy atom. The third-order valence-electron chi connectivity index (χ3n) is 1.79. The number of carbonyl (C=O) groups is 1. The van der Waals surface area contributed by atoms with Crippen LogP contribution >= 0.6 is 11.8 Å². The number of carbonyl (C=O) groups excluding carboxylic acids is 1. The van der Waals surface area contributed by atoms with E-state index in [-0.39, 0.29) is 5.12 Å². The first-order valence-corrected chi connectivity index (χ1v) is 6.23. The van der Waals surface area contributed by atoms with Gasteiger partial charge in [-0.1, -0.05) is 11.8 Å². The SMILES string of the molecule is O=C1SCCC1n1c(=O)c1=O.[O-][Cl+](O)(O)O. The second-order valence-corrected chi connectivity index (χ2v) is 4.85. The second-order valence-electron chi connectivity index (χ2n) is 2.89. The van der Waals surface area contributed by atoms with Crippen molar-refractivity contribution >= 4 is 16.9 Å². The number of halogens is 1. The summed E-state index contributed by atoms with van der Waals surface area (Å²) < 4.78 is 31.3. The molecule has 3 N–H and O–H groups in total. The molecule has 0 saturated carbocycles. The van der Waals surface area contributed by atoms with Gasteiger partial charge in [-0.3, -0.25) is 19.0 Å². The molecule has 1 aromatic heterocycles. The first-order valence-electron chi connectivity index (χ1n) is 3.92. The van der Waals surface area contributed by atoms with E-state index in [0.29, 0.717) is 6.42 Å². The van der Waals surface area contributed by atoms with Crippen LogP contribution in [0.25, 0.3) is 0 Å². The Balaban J connectivity index is 0.000000221. The fraction of sp³-hybridized carbons (Fsp3) is 0.500. The van der Waals surface area contributed by atoms with Crippen molar-refractivity contribution < 1.29 is 33.7 Å². The molecule has 10 heteroatoms. The summed E-state index contributed by atoms with van der Waals surface area (Å²) in [6.45, 7) is 0. The van der Waals surface area contributed by atoms with Crippen LogP contribution in [-0.4, -0.2) is 29.4 Å². The molecule has 0 aromatic carbocycles. The Morgan fingerprint density at radius 3 is 1.94 bits per heavy atom. The molecule has 0 spiro atoms. The monoisotopic (exact) mass is 273 g/mol. The van der Waals surface area contributed by atoms with Crippen LogP contribution in [0.15, 0.2) is 9.59 Å². The van der Waals surface area contributed by atoms with Crippen molar-refractivity contribution in [2.24, 2.45) is 0 Å². The molecule has 1 aliphatic heterocycles. The van der Waals surface area contributed by atoms with E-state index in [4.69, 9.17) is 18.6 Å². The summed E-state index contributed by atoms with van der Waals surface area (Å²) in [5.74, 6) is 0.723. The number of hydrogen-bond acceptors (Lipinski definition) is 8. The first kappa shape index (κ1) is 13.4. The summed E-state index contributed by atoms with van der Waals surface area (Å²) in [7, 11) is -4.19. The molecule has 16 heavy (non-hydrogen) atoms. The Labute approximate surface area is 94.5 Å². The third-order valence-corrected chi connectivity index (χ3v) is 2.79. The first-order chi connectivity index (χ1) is 7.22. The molecule has 0 bridgehead atoms. The molecule has 1 fully saturated rings. The molecule has 2 rings (SSSR count). The maximum absolute atomic E-state index is 11.0. The van der Waals surface area contributed by atoms with Crippen molar-refractivity contribution in [1.29, 1.82) is 0 Å². The van der Waals surface area contributed by atoms with Crippen LogP contribution in [0.1, 0.15) is 12.5 Å². The van der Waals surface area contributed by atoms with Crippen molar-refractivity contribution in [3.8, 4) is 0 Å². The topological polar surface area (TPSA) is 140 Å². The van der Waals surface area contributed by atoms with Crippen molar-refractivity contribution in [3.63, 3.8) is 0 Å². The summed E-state index contributed by atoms with van der Waals surface area (Å²) in [5.41, 5.74) is -1.02. The zero-order valence-corrected chi connectivity index (χ0v) is 9.27. The molecule has 1 unspecified atom stereocenters. The van der Waals surface area contributed by atoms with E-state index in [2.05, 4.69) is 0 Å². The van der Waals surface area contributed by atoms with Gasteiger partial charge in [0.2, 0.25) is 5.12 Å². The van der Waals surface area contributed by atoms with Crippen molar-refractivity contribution in [1.82, 2.24) is 4.57 Å². The zero-order chi connectivity index (χ0) is 12.5. The quantitative estimate of drug-likeness (QED) is 0.446. The molecule has 0 amide bonds. The van der Waals surface area contributed by atoms with E-state index in [9.17, 15) is 14.4 Å². The molecule has 0 radical (unpaired) electrons. The predicted molar refractivity (Wildman–Crippen MR) is 47.1 cm³/mol. The fourth-order valence-corrected chi connectivity index (χ4v) is 2.11. The number of rotatable bonds is 1. The average Bonchev–Trinajstić information content (AvgIpc) is 2.54. The van der Waals surface area contributed by atoms with Gasteiger partial charge in [0.1, 0.15) is 6.04 Å². The van der Waals surface area contributed by atoms with Gasteiger partial charge in [-0.25, -0.2) is 0 Å². The van der Waals surface area contributed by atoms with E-state index in [1.54, 1.807) is 0 Å². The van der Waals surface area contributed by atoms with E-state index in [0.717, 1.165) is 10.3 Å². The Bertz CT molecular complexity index is 425. The van der Waals surface area contributed by atoms with Crippen molar-refractivity contribution in [2.75, 3.05) is 5.75 Å². The van der Waals surface area contributed by atoms with Crippen LogP contribution in [0.5, 0.6) is 0 Å². The van der Waals surface area contributed by atoms with Crippen LogP contribution in [0, 0.1) is 10.2 Å². The standard InChI is InChI=1S/C6H5NO3S.ClH3O4/c8-4-5(9)7(4)3-1-2-11-6(3)10;2-1(3,4)5/h3H,1-2H2;2-4H. The zero-order valence-electron chi connectivity index (χ0n) is 7.70. The van der Waals surface area contributed by atoms with Crippen LogP contribution in [-0.2, 0) is 4.79 Å². The molecular formula is C6H8ClNO7S. The summed E-state index contributed by atoms with van der Waals surface area (Å²) in [6.07, 6.45) is 0.626. The number of nitrogens with zero attached hydrogens (tertiary/aromatic N) is 1. The van der Waals surface area contributed by atoms with Crippen LogP contribution in [0.2, 0.25) is 0 Å². The van der Waals surface area contributed by atoms with Gasteiger partial charge in [-0.05, 0) is 6.42 Å². The summed E-state index contributed by atoms with van der Waals surface area (Å²) in [5, 5.41) is -0.0517. The third kappa shape index (κ3) is 3.70. The van der Waals surface area contributed by atoms with Gasteiger partial charge in [0.25, 0.3) is 0 Å². The Kier molecular flexibility index (Phi) is 3.88. The summed E-state index contributed by atoms with van der Waals surface area (Å²) in [4.78, 5) is 32.1. The average molecular weight is 274 g/mol. The number of thioether (sulfide) groups is 1. The molecule has 1 aromatic rings. The van der Waals surface area contributed by atoms with Gasteiger partial charge in [-0.2, -0.15) is 0 Å². The summed E-state index contributed by atoms with van der Waals surface area (Å²) in [6, 6.07) is -0.444.